The van der Waals surface area contributed by atoms with Gasteiger partial charge in [0.2, 0.25) is 0 Å². The maximum atomic E-state index is 11.2. The van der Waals surface area contributed by atoms with Gasteiger partial charge in [0.25, 0.3) is 0 Å². The zero-order valence-corrected chi connectivity index (χ0v) is 16.0. The van der Waals surface area contributed by atoms with Crippen LogP contribution in [0, 0.1) is 34.5 Å². The Labute approximate surface area is 146 Å². The van der Waals surface area contributed by atoms with Crippen LogP contribution >= 0.6 is 7.82 Å². The van der Waals surface area contributed by atoms with Crippen LogP contribution < -0.4 is 0 Å². The molecule has 24 heavy (non-hydrogen) atoms. The van der Waals surface area contributed by atoms with Gasteiger partial charge in [0.1, 0.15) is 0 Å². The molecule has 0 spiro atoms. The van der Waals surface area contributed by atoms with Crippen LogP contribution in [0.15, 0.2) is 0 Å². The van der Waals surface area contributed by atoms with E-state index in [2.05, 4.69) is 13.8 Å². The summed E-state index contributed by atoms with van der Waals surface area (Å²) in [4.78, 5) is 18.3. The minimum atomic E-state index is -4.36. The Morgan fingerprint density at radius 2 is 1.75 bits per heavy atom. The lowest BCUT2D eigenvalue weighted by molar-refractivity contribution is -0.119. The highest BCUT2D eigenvalue weighted by Gasteiger charge is 2.58. The third-order valence-corrected chi connectivity index (χ3v) is 9.26. The summed E-state index contributed by atoms with van der Waals surface area (Å²) in [5, 5.41) is 0. The molecule has 4 saturated carbocycles. The van der Waals surface area contributed by atoms with Crippen molar-refractivity contribution < 1.29 is 18.9 Å². The van der Waals surface area contributed by atoms with Crippen LogP contribution in [0.2, 0.25) is 0 Å². The first kappa shape index (κ1) is 17.5. The molecule has 0 aromatic heterocycles. The van der Waals surface area contributed by atoms with Crippen LogP contribution in [-0.4, -0.2) is 15.9 Å². The normalized spacial score (nSPS) is 51.6. The largest absolute Gasteiger partial charge is 0.469 e. The second-order valence-corrected chi connectivity index (χ2v) is 10.9. The molecular weight excluding hydrogens is 323 g/mol. The summed E-state index contributed by atoms with van der Waals surface area (Å²) in [6.07, 6.45) is 12.1. The van der Waals surface area contributed by atoms with Crippen molar-refractivity contribution in [1.82, 2.24) is 0 Å². The standard InChI is InChI=1S/C19H33O4P/c1-18-9-3-4-16(18)15-6-5-13-12-14(23-24(20,21)22)7-11-19(13,2)17(15)8-10-18/h13-17H,3-12H2,1-2H3,(H2,20,21,22)/t13?,14-,15-,16+,17-,18-,19-/m0/s1. The van der Waals surface area contributed by atoms with E-state index in [1.807, 2.05) is 0 Å². The first-order chi connectivity index (χ1) is 11.2. The molecule has 0 saturated heterocycles. The lowest BCUT2D eigenvalue weighted by atomic mass is 9.45. The minimum absolute atomic E-state index is 0.249. The quantitative estimate of drug-likeness (QED) is 0.691. The number of rotatable bonds is 2. The van der Waals surface area contributed by atoms with Crippen LogP contribution in [0.1, 0.15) is 78.1 Å². The van der Waals surface area contributed by atoms with Crippen molar-refractivity contribution in [2.24, 2.45) is 34.5 Å². The fourth-order valence-corrected chi connectivity index (χ4v) is 8.08. The zero-order chi connectivity index (χ0) is 17.2. The third-order valence-electron chi connectivity index (χ3n) is 8.69. The third kappa shape index (κ3) is 2.82. The summed E-state index contributed by atoms with van der Waals surface area (Å²) < 4.78 is 16.3. The summed E-state index contributed by atoms with van der Waals surface area (Å²) in [7, 11) is -4.36. The number of phosphoric acid groups is 1. The molecule has 4 rings (SSSR count). The highest BCUT2D eigenvalue weighted by Crippen LogP contribution is 2.66. The van der Waals surface area contributed by atoms with Crippen molar-refractivity contribution in [2.75, 3.05) is 0 Å². The van der Waals surface area contributed by atoms with Crippen LogP contribution in [0.25, 0.3) is 0 Å². The molecule has 0 aromatic carbocycles. The number of hydrogen-bond donors (Lipinski definition) is 2. The van der Waals surface area contributed by atoms with Gasteiger partial charge in [-0.3, -0.25) is 4.52 Å². The van der Waals surface area contributed by atoms with E-state index in [4.69, 9.17) is 14.3 Å². The van der Waals surface area contributed by atoms with Crippen molar-refractivity contribution in [3.8, 4) is 0 Å². The van der Waals surface area contributed by atoms with E-state index in [0.29, 0.717) is 16.7 Å². The topological polar surface area (TPSA) is 66.8 Å². The molecule has 4 nitrogen and oxygen atoms in total. The van der Waals surface area contributed by atoms with Crippen LogP contribution in [-0.2, 0) is 9.09 Å². The molecule has 0 aliphatic heterocycles. The van der Waals surface area contributed by atoms with Crippen LogP contribution in [0.5, 0.6) is 0 Å². The second kappa shape index (κ2) is 5.81. The van der Waals surface area contributed by atoms with Gasteiger partial charge in [-0.25, -0.2) is 4.57 Å². The van der Waals surface area contributed by atoms with E-state index in [-0.39, 0.29) is 6.10 Å². The fourth-order valence-electron chi connectivity index (χ4n) is 7.50. The Morgan fingerprint density at radius 3 is 2.50 bits per heavy atom. The van der Waals surface area contributed by atoms with Crippen LogP contribution in [0.3, 0.4) is 0 Å². The van der Waals surface area contributed by atoms with E-state index in [0.717, 1.165) is 37.0 Å². The van der Waals surface area contributed by atoms with Crippen molar-refractivity contribution in [1.29, 1.82) is 0 Å². The molecule has 2 N–H and O–H groups in total. The van der Waals surface area contributed by atoms with Crippen molar-refractivity contribution in [3.05, 3.63) is 0 Å². The molecule has 4 aliphatic rings. The van der Waals surface area contributed by atoms with E-state index < -0.39 is 7.82 Å². The summed E-state index contributed by atoms with van der Waals surface area (Å²) in [6.45, 7) is 5.03. The Hall–Kier alpha value is 0.110. The first-order valence-electron chi connectivity index (χ1n) is 9.95. The summed E-state index contributed by atoms with van der Waals surface area (Å²) in [6, 6.07) is 0. The van der Waals surface area contributed by atoms with Crippen molar-refractivity contribution in [2.45, 2.75) is 84.2 Å². The van der Waals surface area contributed by atoms with Crippen molar-refractivity contribution >= 4 is 7.82 Å². The lowest BCUT2D eigenvalue weighted by Crippen LogP contribution is -2.53. The van der Waals surface area contributed by atoms with E-state index in [9.17, 15) is 4.57 Å². The van der Waals surface area contributed by atoms with E-state index >= 15 is 0 Å². The Kier molecular flexibility index (Phi) is 4.24. The summed E-state index contributed by atoms with van der Waals surface area (Å²) >= 11 is 0. The smallest absolute Gasteiger partial charge is 0.303 e. The zero-order valence-electron chi connectivity index (χ0n) is 15.1. The molecule has 0 aromatic rings. The summed E-state index contributed by atoms with van der Waals surface area (Å²) in [5.74, 6) is 3.23. The van der Waals surface area contributed by atoms with Gasteiger partial charge >= 0.3 is 7.82 Å². The van der Waals surface area contributed by atoms with Gasteiger partial charge in [0.15, 0.2) is 0 Å². The maximum absolute atomic E-state index is 11.2. The predicted octanol–water partition coefficient (Wildman–Crippen LogP) is 4.90. The Bertz CT molecular complexity index is 545. The fraction of sp³-hybridized carbons (Fsp3) is 1.00. The monoisotopic (exact) mass is 356 g/mol. The maximum Gasteiger partial charge on any atom is 0.469 e. The van der Waals surface area contributed by atoms with E-state index in [1.165, 1.54) is 44.9 Å². The molecule has 0 heterocycles. The number of fused-ring (bicyclic) bond motifs is 5. The predicted molar refractivity (Wildman–Crippen MR) is 93.3 cm³/mol. The molecule has 5 heteroatoms. The van der Waals surface area contributed by atoms with Crippen LogP contribution in [0.4, 0.5) is 0 Å². The van der Waals surface area contributed by atoms with Gasteiger partial charge in [-0.2, -0.15) is 0 Å². The highest BCUT2D eigenvalue weighted by molar-refractivity contribution is 7.46. The van der Waals surface area contributed by atoms with E-state index in [1.54, 1.807) is 0 Å². The Balaban J connectivity index is 1.51. The highest BCUT2D eigenvalue weighted by atomic mass is 31.2. The molecule has 7 atom stereocenters. The first-order valence-corrected chi connectivity index (χ1v) is 11.5. The van der Waals surface area contributed by atoms with Gasteiger partial charge in [0.05, 0.1) is 6.10 Å². The summed E-state index contributed by atoms with van der Waals surface area (Å²) in [5.41, 5.74) is 0.965. The number of phosphoric ester groups is 1. The molecule has 0 bridgehead atoms. The SMILES string of the molecule is C[C@@]12CCC[C@@H]1[C@@H]1CCC3C[C@@H](OP(=O)(O)O)CC[C@]3(C)[C@H]1CC2. The average molecular weight is 356 g/mol. The Morgan fingerprint density at radius 1 is 0.958 bits per heavy atom. The van der Waals surface area contributed by atoms with Gasteiger partial charge in [-0.05, 0) is 92.3 Å². The van der Waals surface area contributed by atoms with Gasteiger partial charge in [-0.15, -0.1) is 0 Å². The van der Waals surface area contributed by atoms with Crippen molar-refractivity contribution in [3.63, 3.8) is 0 Å². The second-order valence-electron chi connectivity index (χ2n) is 9.73. The van der Waals surface area contributed by atoms with Gasteiger partial charge in [0, 0.05) is 0 Å². The lowest BCUT2D eigenvalue weighted by Gasteiger charge is -2.60. The number of hydrogen-bond acceptors (Lipinski definition) is 2. The molecule has 1 unspecified atom stereocenters. The molecule has 0 amide bonds. The van der Waals surface area contributed by atoms with Gasteiger partial charge in [-0.1, -0.05) is 20.3 Å². The molecule has 138 valence electrons. The molecular formula is C19H33O4P. The molecule has 0 radical (unpaired) electrons. The molecule has 4 fully saturated rings. The van der Waals surface area contributed by atoms with Gasteiger partial charge < -0.3 is 9.79 Å². The minimum Gasteiger partial charge on any atom is -0.303 e. The average Bonchev–Trinajstić information content (AvgIpc) is 2.88. The molecule has 4 aliphatic carbocycles.